The van der Waals surface area contributed by atoms with Crippen LogP contribution in [0.1, 0.15) is 32.3 Å². The van der Waals surface area contributed by atoms with Crippen LogP contribution in [0.2, 0.25) is 0 Å². The predicted octanol–water partition coefficient (Wildman–Crippen LogP) is 3.57. The van der Waals surface area contributed by atoms with Crippen molar-refractivity contribution in [2.24, 2.45) is 11.1 Å². The fourth-order valence-electron chi connectivity index (χ4n) is 2.88. The summed E-state index contributed by atoms with van der Waals surface area (Å²) in [6.45, 7) is 4.92. The maximum Gasteiger partial charge on any atom is 0.230 e. The highest BCUT2D eigenvalue weighted by Crippen LogP contribution is 2.36. The van der Waals surface area contributed by atoms with E-state index in [1.54, 1.807) is 30.9 Å². The van der Waals surface area contributed by atoms with Crippen molar-refractivity contribution in [1.82, 2.24) is 4.90 Å². The zero-order valence-corrected chi connectivity index (χ0v) is 17.7. The molecule has 0 saturated heterocycles. The van der Waals surface area contributed by atoms with Gasteiger partial charge in [0.15, 0.2) is 11.5 Å². The molecule has 1 amide bonds. The molecule has 5 nitrogen and oxygen atoms in total. The third kappa shape index (κ3) is 5.19. The van der Waals surface area contributed by atoms with Gasteiger partial charge in [0, 0.05) is 25.0 Å². The maximum absolute atomic E-state index is 12.9. The molecule has 25 heavy (non-hydrogen) atoms. The van der Waals surface area contributed by atoms with Crippen LogP contribution in [-0.2, 0) is 11.3 Å². The van der Waals surface area contributed by atoms with E-state index in [-0.39, 0.29) is 18.3 Å². The average Bonchev–Trinajstić information content (AvgIpc) is 2.62. The standard InChI is InChI=1S/C18H30N2O3S.ClH/c1-7-18(8-2,12-19)17(21)20(3)11-13-9-14(22-4)15(23-5)10-16(13)24-6;/h9-10H,7-8,11-12,19H2,1-6H3;1H. The molecule has 1 aromatic carbocycles. The molecule has 0 unspecified atom stereocenters. The van der Waals surface area contributed by atoms with Crippen molar-refractivity contribution in [3.05, 3.63) is 17.7 Å². The van der Waals surface area contributed by atoms with Crippen molar-refractivity contribution in [3.8, 4) is 11.5 Å². The first-order valence-electron chi connectivity index (χ1n) is 8.17. The largest absolute Gasteiger partial charge is 0.493 e. The van der Waals surface area contributed by atoms with E-state index in [1.165, 1.54) is 0 Å². The summed E-state index contributed by atoms with van der Waals surface area (Å²) in [6.07, 6.45) is 3.49. The van der Waals surface area contributed by atoms with Crippen LogP contribution in [-0.4, -0.2) is 44.9 Å². The average molecular weight is 391 g/mol. The van der Waals surface area contributed by atoms with Gasteiger partial charge in [0.2, 0.25) is 5.91 Å². The Labute approximate surface area is 162 Å². The number of nitrogens with two attached hydrogens (primary N) is 1. The lowest BCUT2D eigenvalue weighted by Crippen LogP contribution is -2.45. The summed E-state index contributed by atoms with van der Waals surface area (Å²) in [5, 5.41) is 0. The van der Waals surface area contributed by atoms with Crippen LogP contribution in [0.25, 0.3) is 0 Å². The number of benzene rings is 1. The highest BCUT2D eigenvalue weighted by molar-refractivity contribution is 7.98. The van der Waals surface area contributed by atoms with E-state index < -0.39 is 5.41 Å². The van der Waals surface area contributed by atoms with Gasteiger partial charge in [-0.3, -0.25) is 4.79 Å². The number of rotatable bonds is 9. The minimum atomic E-state index is -0.481. The Bertz CT molecular complexity index is 557. The Balaban J connectivity index is 0.00000576. The van der Waals surface area contributed by atoms with Gasteiger partial charge in [-0.05, 0) is 36.8 Å². The van der Waals surface area contributed by atoms with Gasteiger partial charge < -0.3 is 20.1 Å². The zero-order valence-electron chi connectivity index (χ0n) is 16.0. The van der Waals surface area contributed by atoms with Crippen LogP contribution in [0.15, 0.2) is 17.0 Å². The number of hydrogen-bond donors (Lipinski definition) is 1. The van der Waals surface area contributed by atoms with Crippen molar-refractivity contribution in [3.63, 3.8) is 0 Å². The molecule has 0 fully saturated rings. The number of halogens is 1. The Morgan fingerprint density at radius 3 is 2.12 bits per heavy atom. The van der Waals surface area contributed by atoms with Crippen LogP contribution >= 0.6 is 24.2 Å². The van der Waals surface area contributed by atoms with Crippen molar-refractivity contribution in [2.75, 3.05) is 34.1 Å². The summed E-state index contributed by atoms with van der Waals surface area (Å²) in [7, 11) is 5.07. The molecular formula is C18H31ClN2O3S. The molecule has 0 radical (unpaired) electrons. The minimum Gasteiger partial charge on any atom is -0.493 e. The second-order valence-electron chi connectivity index (χ2n) is 5.87. The summed E-state index contributed by atoms with van der Waals surface area (Å²) >= 11 is 1.62. The van der Waals surface area contributed by atoms with E-state index in [0.717, 1.165) is 23.3 Å². The van der Waals surface area contributed by atoms with Gasteiger partial charge in [0.1, 0.15) is 0 Å². The van der Waals surface area contributed by atoms with Crippen molar-refractivity contribution in [1.29, 1.82) is 0 Å². The lowest BCUT2D eigenvalue weighted by Gasteiger charge is -2.33. The highest BCUT2D eigenvalue weighted by atomic mass is 35.5. The van der Waals surface area contributed by atoms with Crippen molar-refractivity contribution in [2.45, 2.75) is 38.1 Å². The lowest BCUT2D eigenvalue weighted by atomic mass is 9.81. The number of ether oxygens (including phenoxy) is 2. The third-order valence-corrected chi connectivity index (χ3v) is 5.56. The van der Waals surface area contributed by atoms with Gasteiger partial charge in [-0.2, -0.15) is 0 Å². The maximum atomic E-state index is 12.9. The first kappa shape index (κ1) is 23.9. The van der Waals surface area contributed by atoms with Crippen LogP contribution in [0.3, 0.4) is 0 Å². The number of methoxy groups -OCH3 is 2. The molecule has 144 valence electrons. The van der Waals surface area contributed by atoms with Gasteiger partial charge in [0.05, 0.1) is 19.6 Å². The second-order valence-corrected chi connectivity index (χ2v) is 6.72. The summed E-state index contributed by atoms with van der Waals surface area (Å²) in [4.78, 5) is 15.8. The molecule has 0 aliphatic heterocycles. The van der Waals surface area contributed by atoms with E-state index in [4.69, 9.17) is 15.2 Å². The van der Waals surface area contributed by atoms with Crippen molar-refractivity contribution >= 4 is 30.1 Å². The quantitative estimate of drug-likeness (QED) is 0.653. The Hall–Kier alpha value is -1.11. The van der Waals surface area contributed by atoms with Gasteiger partial charge >= 0.3 is 0 Å². The summed E-state index contributed by atoms with van der Waals surface area (Å²) in [5.74, 6) is 1.46. The van der Waals surface area contributed by atoms with E-state index in [1.807, 2.05) is 39.3 Å². The molecular weight excluding hydrogens is 360 g/mol. The number of amides is 1. The Morgan fingerprint density at radius 1 is 1.20 bits per heavy atom. The van der Waals surface area contributed by atoms with E-state index >= 15 is 0 Å². The predicted molar refractivity (Wildman–Crippen MR) is 107 cm³/mol. The van der Waals surface area contributed by atoms with Crippen LogP contribution in [0, 0.1) is 5.41 Å². The number of thioether (sulfide) groups is 1. The molecule has 1 rings (SSSR count). The smallest absolute Gasteiger partial charge is 0.230 e. The van der Waals surface area contributed by atoms with E-state index in [2.05, 4.69) is 0 Å². The van der Waals surface area contributed by atoms with E-state index in [0.29, 0.717) is 24.6 Å². The summed E-state index contributed by atoms with van der Waals surface area (Å²) < 4.78 is 10.7. The Morgan fingerprint density at radius 2 is 1.72 bits per heavy atom. The van der Waals surface area contributed by atoms with Gasteiger partial charge in [-0.1, -0.05) is 13.8 Å². The SMILES string of the molecule is CCC(CC)(CN)C(=O)N(C)Cc1cc(OC)c(OC)cc1SC.Cl. The number of carbonyl (C=O) groups is 1. The number of carbonyl (C=O) groups excluding carboxylic acids is 1. The molecule has 0 aliphatic rings. The molecule has 0 saturated carbocycles. The normalized spacial score (nSPS) is 10.8. The van der Waals surface area contributed by atoms with E-state index in [9.17, 15) is 4.79 Å². The van der Waals surface area contributed by atoms with Gasteiger partial charge in [-0.25, -0.2) is 0 Å². The lowest BCUT2D eigenvalue weighted by molar-refractivity contribution is -0.141. The zero-order chi connectivity index (χ0) is 18.3. The number of hydrogen-bond acceptors (Lipinski definition) is 5. The minimum absolute atomic E-state index is 0. The molecule has 7 heteroatoms. The first-order valence-corrected chi connectivity index (χ1v) is 9.39. The fraction of sp³-hybridized carbons (Fsp3) is 0.611. The van der Waals surface area contributed by atoms with Crippen LogP contribution in [0.4, 0.5) is 0 Å². The first-order chi connectivity index (χ1) is 11.4. The van der Waals surface area contributed by atoms with Crippen molar-refractivity contribution < 1.29 is 14.3 Å². The van der Waals surface area contributed by atoms with Crippen LogP contribution < -0.4 is 15.2 Å². The molecule has 2 N–H and O–H groups in total. The monoisotopic (exact) mass is 390 g/mol. The molecule has 0 spiro atoms. The van der Waals surface area contributed by atoms with Gasteiger partial charge in [0.25, 0.3) is 0 Å². The fourth-order valence-corrected chi connectivity index (χ4v) is 3.49. The number of nitrogens with zero attached hydrogens (tertiary/aromatic N) is 1. The third-order valence-electron chi connectivity index (χ3n) is 4.74. The molecule has 0 bridgehead atoms. The molecule has 0 aromatic heterocycles. The summed E-state index contributed by atoms with van der Waals surface area (Å²) in [5.41, 5.74) is 6.47. The van der Waals surface area contributed by atoms with Gasteiger partial charge in [-0.15, -0.1) is 24.2 Å². The molecule has 0 atom stereocenters. The molecule has 0 aliphatic carbocycles. The Kier molecular flexibility index (Phi) is 10.3. The topological polar surface area (TPSA) is 64.8 Å². The highest BCUT2D eigenvalue weighted by Gasteiger charge is 2.35. The summed E-state index contributed by atoms with van der Waals surface area (Å²) in [6, 6.07) is 3.89. The van der Waals surface area contributed by atoms with Crippen LogP contribution in [0.5, 0.6) is 11.5 Å². The second kappa shape index (κ2) is 10.8. The molecule has 0 heterocycles. The molecule has 1 aromatic rings.